The molecule has 3 fully saturated rings. The lowest BCUT2D eigenvalue weighted by Gasteiger charge is -2.24. The first kappa shape index (κ1) is 22.9. The minimum absolute atomic E-state index is 0.331. The van der Waals surface area contributed by atoms with E-state index in [1.165, 1.54) is 64.9 Å². The van der Waals surface area contributed by atoms with Gasteiger partial charge in [-0.15, -0.1) is 0 Å². The Morgan fingerprint density at radius 2 is 1.65 bits per heavy atom. The number of aromatic nitrogens is 3. The molecule has 0 aliphatic heterocycles. The molecular weight excluding hydrogens is 428 g/mol. The lowest BCUT2D eigenvalue weighted by Crippen LogP contribution is -2.27. The first-order chi connectivity index (χ1) is 16.7. The molecule has 0 radical (unpaired) electrons. The molecule has 2 bridgehead atoms. The molecule has 182 valence electrons. The van der Waals surface area contributed by atoms with E-state index in [1.54, 1.807) is 12.1 Å². The molecule has 3 aliphatic carbocycles. The van der Waals surface area contributed by atoms with Gasteiger partial charge in [-0.3, -0.25) is 0 Å². The van der Waals surface area contributed by atoms with Crippen LogP contribution in [0.5, 0.6) is 0 Å². The fourth-order valence-electron chi connectivity index (χ4n) is 5.87. The van der Waals surface area contributed by atoms with E-state index in [4.69, 9.17) is 14.7 Å². The number of hydrogen-bond donors (Lipinski definition) is 3. The van der Waals surface area contributed by atoms with Crippen molar-refractivity contribution in [1.29, 1.82) is 0 Å². The number of nitrogens with zero attached hydrogens (tertiary/aromatic N) is 3. The smallest absolute Gasteiger partial charge is 0.337 e. The van der Waals surface area contributed by atoms with Gasteiger partial charge in [-0.1, -0.05) is 37.8 Å². The summed E-state index contributed by atoms with van der Waals surface area (Å²) in [6, 6.07) is 7.84. The summed E-state index contributed by atoms with van der Waals surface area (Å²) in [6.45, 7) is 1.47. The molecule has 1 aromatic carbocycles. The second kappa shape index (κ2) is 10.6. The summed E-state index contributed by atoms with van der Waals surface area (Å²) >= 11 is 0. The highest BCUT2D eigenvalue weighted by Gasteiger charge is 2.39. The van der Waals surface area contributed by atoms with Crippen molar-refractivity contribution in [1.82, 2.24) is 15.0 Å². The van der Waals surface area contributed by atoms with E-state index in [0.717, 1.165) is 23.9 Å². The van der Waals surface area contributed by atoms with Gasteiger partial charge in [0.25, 0.3) is 0 Å². The Balaban J connectivity index is 1.26. The summed E-state index contributed by atoms with van der Waals surface area (Å²) in [6.07, 6.45) is 11.8. The normalized spacial score (nSPS) is 24.1. The van der Waals surface area contributed by atoms with Crippen molar-refractivity contribution in [3.05, 3.63) is 35.4 Å². The van der Waals surface area contributed by atoms with E-state index in [0.29, 0.717) is 41.9 Å². The fourth-order valence-corrected chi connectivity index (χ4v) is 5.87. The first-order valence-corrected chi connectivity index (χ1v) is 12.8. The third kappa shape index (κ3) is 5.59. The van der Waals surface area contributed by atoms with Crippen molar-refractivity contribution in [2.45, 2.75) is 70.4 Å². The number of benzene rings is 1. The topological polar surface area (TPSA) is 101 Å². The number of hydrogen-bond acceptors (Lipinski definition) is 8. The largest absolute Gasteiger partial charge is 0.465 e. The Bertz CT molecular complexity index is 976. The highest BCUT2D eigenvalue weighted by molar-refractivity contribution is 5.89. The van der Waals surface area contributed by atoms with Gasteiger partial charge in [0.1, 0.15) is 0 Å². The van der Waals surface area contributed by atoms with Crippen LogP contribution in [0, 0.1) is 17.8 Å². The molecule has 3 saturated carbocycles. The summed E-state index contributed by atoms with van der Waals surface area (Å²) in [5, 5.41) is 10.4. The quantitative estimate of drug-likeness (QED) is 0.452. The van der Waals surface area contributed by atoms with E-state index in [2.05, 4.69) is 20.9 Å². The van der Waals surface area contributed by atoms with Gasteiger partial charge in [0.2, 0.25) is 17.8 Å². The van der Waals surface area contributed by atoms with Crippen molar-refractivity contribution in [3.8, 4) is 0 Å². The Morgan fingerprint density at radius 1 is 0.912 bits per heavy atom. The summed E-state index contributed by atoms with van der Waals surface area (Å²) in [4.78, 5) is 25.7. The third-order valence-corrected chi connectivity index (χ3v) is 7.79. The molecule has 2 aromatic rings. The van der Waals surface area contributed by atoms with E-state index in [9.17, 15) is 4.79 Å². The molecule has 8 nitrogen and oxygen atoms in total. The van der Waals surface area contributed by atoms with Crippen LogP contribution in [0.15, 0.2) is 24.3 Å². The van der Waals surface area contributed by atoms with Crippen molar-refractivity contribution in [2.24, 2.45) is 17.8 Å². The van der Waals surface area contributed by atoms with Crippen LogP contribution in [0.4, 0.5) is 17.8 Å². The first-order valence-electron chi connectivity index (χ1n) is 12.8. The number of ether oxygens (including phenoxy) is 1. The Hall–Kier alpha value is -2.90. The number of methoxy groups -OCH3 is 1. The number of fused-ring (bicyclic) bond motifs is 2. The average Bonchev–Trinajstić information content (AvgIpc) is 3.50. The maximum Gasteiger partial charge on any atom is 0.337 e. The van der Waals surface area contributed by atoms with E-state index >= 15 is 0 Å². The van der Waals surface area contributed by atoms with Gasteiger partial charge in [0, 0.05) is 19.1 Å². The highest BCUT2D eigenvalue weighted by atomic mass is 16.5. The van der Waals surface area contributed by atoms with Gasteiger partial charge in [-0.05, 0) is 67.6 Å². The maximum absolute atomic E-state index is 11.7. The predicted molar refractivity (Wildman–Crippen MR) is 133 cm³/mol. The molecule has 3 N–H and O–H groups in total. The van der Waals surface area contributed by atoms with Crippen LogP contribution in [0.2, 0.25) is 0 Å². The molecule has 34 heavy (non-hydrogen) atoms. The molecule has 8 heteroatoms. The number of nitrogens with one attached hydrogen (secondary N) is 3. The highest BCUT2D eigenvalue weighted by Crippen LogP contribution is 2.45. The van der Waals surface area contributed by atoms with Crippen LogP contribution in [0.1, 0.15) is 73.7 Å². The molecule has 3 aliphatic rings. The lowest BCUT2D eigenvalue weighted by atomic mass is 9.89. The van der Waals surface area contributed by atoms with Crippen molar-refractivity contribution in [3.63, 3.8) is 0 Å². The molecule has 1 heterocycles. The second-order valence-electron chi connectivity index (χ2n) is 10.2. The monoisotopic (exact) mass is 464 g/mol. The third-order valence-electron chi connectivity index (χ3n) is 7.79. The zero-order chi connectivity index (χ0) is 23.3. The molecule has 5 rings (SSSR count). The van der Waals surface area contributed by atoms with Crippen molar-refractivity contribution >= 4 is 23.8 Å². The molecular formula is C26H36N6O2. The van der Waals surface area contributed by atoms with Crippen LogP contribution in [-0.4, -0.2) is 40.6 Å². The van der Waals surface area contributed by atoms with Gasteiger partial charge in [0.05, 0.1) is 12.7 Å². The second-order valence-corrected chi connectivity index (χ2v) is 10.2. The zero-order valence-corrected chi connectivity index (χ0v) is 20.1. The van der Waals surface area contributed by atoms with E-state index < -0.39 is 0 Å². The van der Waals surface area contributed by atoms with Crippen LogP contribution < -0.4 is 16.0 Å². The van der Waals surface area contributed by atoms with Crippen LogP contribution in [-0.2, 0) is 11.3 Å². The van der Waals surface area contributed by atoms with E-state index in [-0.39, 0.29) is 5.97 Å². The minimum atomic E-state index is -0.331. The summed E-state index contributed by atoms with van der Waals surface area (Å²) in [5.74, 6) is 3.81. The van der Waals surface area contributed by atoms with Gasteiger partial charge in [0.15, 0.2) is 0 Å². The van der Waals surface area contributed by atoms with Crippen LogP contribution in [0.25, 0.3) is 0 Å². The van der Waals surface area contributed by atoms with Crippen molar-refractivity contribution < 1.29 is 9.53 Å². The summed E-state index contributed by atoms with van der Waals surface area (Å²) < 4.78 is 4.78. The Labute approximate surface area is 201 Å². The molecule has 1 aromatic heterocycles. The minimum Gasteiger partial charge on any atom is -0.465 e. The molecule has 3 atom stereocenters. The Morgan fingerprint density at radius 3 is 2.32 bits per heavy atom. The lowest BCUT2D eigenvalue weighted by molar-refractivity contribution is 0.0600. The van der Waals surface area contributed by atoms with Gasteiger partial charge in [-0.2, -0.15) is 15.0 Å². The van der Waals surface area contributed by atoms with Crippen LogP contribution in [0.3, 0.4) is 0 Å². The number of esters is 1. The number of rotatable bonds is 9. The molecule has 0 spiro atoms. The fraction of sp³-hybridized carbons (Fsp3) is 0.615. The summed E-state index contributed by atoms with van der Waals surface area (Å²) in [5.41, 5.74) is 1.57. The maximum atomic E-state index is 11.7. The number of carbonyl (C=O) groups excluding carboxylic acids is 1. The van der Waals surface area contributed by atoms with Gasteiger partial charge >= 0.3 is 5.97 Å². The Kier molecular flexibility index (Phi) is 7.11. The number of anilines is 3. The average molecular weight is 465 g/mol. The van der Waals surface area contributed by atoms with Crippen molar-refractivity contribution in [2.75, 3.05) is 29.6 Å². The summed E-state index contributed by atoms with van der Waals surface area (Å²) in [7, 11) is 1.39. The van der Waals surface area contributed by atoms with Gasteiger partial charge < -0.3 is 20.7 Å². The predicted octanol–water partition coefficient (Wildman–Crippen LogP) is 4.86. The van der Waals surface area contributed by atoms with Gasteiger partial charge in [-0.25, -0.2) is 4.79 Å². The van der Waals surface area contributed by atoms with Crippen LogP contribution >= 0.6 is 0 Å². The SMILES string of the molecule is COC(=O)c1ccc(CNc2nc(NCC3CCCCC3)nc(NC3CC4CCC3C4)n2)cc1. The van der Waals surface area contributed by atoms with E-state index in [1.807, 2.05) is 12.1 Å². The molecule has 0 saturated heterocycles. The molecule has 3 unspecified atom stereocenters. The zero-order valence-electron chi connectivity index (χ0n) is 20.1. The standard InChI is InChI=1S/C26H36N6O2/c1-34-23(33)20-10-7-18(8-11-20)16-28-25-30-24(27-15-17-5-3-2-4-6-17)31-26(32-25)29-22-14-19-9-12-21(22)13-19/h7-8,10-11,17,19,21-22H,2-6,9,12-16H2,1H3,(H3,27,28,29,30,31,32). The molecule has 0 amide bonds. The number of carbonyl (C=O) groups is 1.